The van der Waals surface area contributed by atoms with Gasteiger partial charge in [0.05, 0.1) is 0 Å². The Bertz CT molecular complexity index is 8.00. The molecule has 0 spiro atoms. The quantitative estimate of drug-likeness (QED) is 0.397. The summed E-state index contributed by atoms with van der Waals surface area (Å²) in [4.78, 5) is 0. The van der Waals surface area contributed by atoms with Crippen LogP contribution in [0.25, 0.3) is 0 Å². The summed E-state index contributed by atoms with van der Waals surface area (Å²) in [5.74, 6) is 0. The largest absolute Gasteiger partial charge is 0 e. The molecule has 0 aromatic carbocycles. The second-order valence-electron chi connectivity index (χ2n) is 0. The summed E-state index contributed by atoms with van der Waals surface area (Å²) in [6, 6.07) is 0. The van der Waals surface area contributed by atoms with Crippen LogP contribution in [-0.4, -0.2) is 83.1 Å². The Balaban J connectivity index is 0. The third-order valence-corrected chi connectivity index (χ3v) is 0. The molecular weight excluding hydrogens is 403 g/mol. The van der Waals surface area contributed by atoms with Crippen LogP contribution in [0, 0.1) is 0 Å². The standard InChI is InChI=1S/AsH3.Sb.Se.Te/h1H3;;;. The summed E-state index contributed by atoms with van der Waals surface area (Å²) in [5.41, 5.74) is 0. The molecule has 4 heavy (non-hydrogen) atoms. The van der Waals surface area contributed by atoms with E-state index in [1.54, 1.807) is 0 Å². The molecule has 0 heterocycles. The zero-order valence-electron chi connectivity index (χ0n) is 1.97. The predicted octanol–water partition coefficient (Wildman–Crippen LogP) is -2.33. The maximum atomic E-state index is 0. The topological polar surface area (TPSA) is 0 Å². The first-order chi connectivity index (χ1) is 0. The van der Waals surface area contributed by atoms with Crippen LogP contribution in [0.2, 0.25) is 0 Å². The number of rotatable bonds is 0. The molecule has 7 radical (unpaired) electrons. The van der Waals surface area contributed by atoms with Gasteiger partial charge in [-0.15, -0.1) is 0 Å². The molecule has 0 saturated heterocycles. The Labute approximate surface area is 81.8 Å². The van der Waals surface area contributed by atoms with E-state index < -0.39 is 0 Å². The van der Waals surface area contributed by atoms with Gasteiger partial charge in [-0.2, -0.15) is 0 Å². The number of hydrogen-bond donors (Lipinski definition) is 0. The van der Waals surface area contributed by atoms with E-state index in [2.05, 4.69) is 0 Å². The second-order valence-corrected chi connectivity index (χ2v) is 0. The maximum absolute atomic E-state index is 0. The molecule has 0 aliphatic heterocycles. The van der Waals surface area contributed by atoms with E-state index in [0.29, 0.717) is 0 Å². The Kier molecular flexibility index (Phi) is 130. The van der Waals surface area contributed by atoms with Crippen molar-refractivity contribution < 1.29 is 0 Å². The van der Waals surface area contributed by atoms with Crippen molar-refractivity contribution in [2.75, 3.05) is 0 Å². The molecule has 4 heteroatoms. The van der Waals surface area contributed by atoms with Gasteiger partial charge in [-0.05, 0) is 0 Å². The van der Waals surface area contributed by atoms with Gasteiger partial charge in [0.15, 0.2) is 0 Å². The third kappa shape index (κ3) is 8.82. The summed E-state index contributed by atoms with van der Waals surface area (Å²) in [5, 5.41) is 0. The average molecular weight is 406 g/mol. The average Bonchev–Trinajstić information content (AvgIpc) is 0. The van der Waals surface area contributed by atoms with Gasteiger partial charge in [-0.3, -0.25) is 0 Å². The predicted molar refractivity (Wildman–Crippen MR) is 27.2 cm³/mol. The van der Waals surface area contributed by atoms with Gasteiger partial charge >= 0.3 is 18.0 Å². The summed E-state index contributed by atoms with van der Waals surface area (Å²) in [7, 11) is 0. The summed E-state index contributed by atoms with van der Waals surface area (Å²) in [6.45, 7) is 0. The van der Waals surface area contributed by atoms with Crippen LogP contribution < -0.4 is 0 Å². The van der Waals surface area contributed by atoms with Crippen LogP contribution in [0.5, 0.6) is 0 Å². The zero-order chi connectivity index (χ0) is 0. The molecule has 0 rings (SSSR count). The van der Waals surface area contributed by atoms with E-state index in [9.17, 15) is 0 Å². The van der Waals surface area contributed by atoms with Crippen LogP contribution in [0.4, 0.5) is 0 Å². The molecule has 1 atom stereocenters. The summed E-state index contributed by atoms with van der Waals surface area (Å²) in [6.07, 6.45) is 0. The van der Waals surface area contributed by atoms with Gasteiger partial charge in [-0.25, -0.2) is 0 Å². The molecule has 0 saturated carbocycles. The molecule has 0 aromatic rings. The SMILES string of the molecule is [AsH3].[Sb].[Se].[Te]. The van der Waals surface area contributed by atoms with Crippen molar-refractivity contribution >= 4 is 83.1 Å². The van der Waals surface area contributed by atoms with Gasteiger partial charge < -0.3 is 0 Å². The Morgan fingerprint density at radius 3 is 1.00 bits per heavy atom. The first kappa shape index (κ1) is 30.0. The molecule has 0 aromatic heterocycles. The van der Waals surface area contributed by atoms with Crippen molar-refractivity contribution in [3.63, 3.8) is 0 Å². The summed E-state index contributed by atoms with van der Waals surface area (Å²) >= 11 is 0. The molecule has 0 N–H and O–H groups in total. The fourth-order valence-corrected chi connectivity index (χ4v) is 0. The third-order valence-electron chi connectivity index (χ3n) is 0. The molecule has 0 aliphatic rings. The molecule has 0 nitrogen and oxygen atoms in total. The van der Waals surface area contributed by atoms with Crippen molar-refractivity contribution in [1.29, 1.82) is 0 Å². The van der Waals surface area contributed by atoms with Gasteiger partial charge in [0.25, 0.3) is 0 Å². The van der Waals surface area contributed by atoms with Crippen molar-refractivity contribution in [2.24, 2.45) is 0 Å². The summed E-state index contributed by atoms with van der Waals surface area (Å²) < 4.78 is 0. The van der Waals surface area contributed by atoms with E-state index in [-0.39, 0.29) is 83.1 Å². The van der Waals surface area contributed by atoms with Crippen LogP contribution >= 0.6 is 0 Å². The van der Waals surface area contributed by atoms with Crippen molar-refractivity contribution in [3.8, 4) is 0 Å². The first-order valence-electron chi connectivity index (χ1n) is 0. The normalized spacial score (nSPS) is 0. The van der Waals surface area contributed by atoms with E-state index >= 15 is 0 Å². The van der Waals surface area contributed by atoms with Crippen LogP contribution in [0.3, 0.4) is 0 Å². The molecule has 0 amide bonds. The van der Waals surface area contributed by atoms with Gasteiger partial charge in [-0.1, -0.05) is 0 Å². The molecular formula is H3AsSbSeTe. The van der Waals surface area contributed by atoms with E-state index in [0.717, 1.165) is 0 Å². The van der Waals surface area contributed by atoms with Crippen LogP contribution in [0.15, 0.2) is 0 Å². The van der Waals surface area contributed by atoms with E-state index in [1.807, 2.05) is 0 Å². The van der Waals surface area contributed by atoms with Crippen molar-refractivity contribution in [3.05, 3.63) is 0 Å². The van der Waals surface area contributed by atoms with Crippen LogP contribution in [0.1, 0.15) is 0 Å². The van der Waals surface area contributed by atoms with Crippen molar-refractivity contribution in [2.45, 2.75) is 0 Å². The molecule has 25 valence electrons. The molecule has 0 bridgehead atoms. The fourth-order valence-electron chi connectivity index (χ4n) is 0. The Hall–Kier alpha value is 2.69. The maximum Gasteiger partial charge on any atom is 0 e. The minimum atomic E-state index is 0. The molecule has 0 fully saturated rings. The first-order valence-corrected chi connectivity index (χ1v) is 0. The fraction of sp³-hybridized carbons (Fsp3) is 0. The smallest absolute Gasteiger partial charge is 0 e. The molecule has 1 unspecified atom stereocenters. The van der Waals surface area contributed by atoms with Gasteiger partial charge in [0.2, 0.25) is 0 Å². The van der Waals surface area contributed by atoms with Crippen molar-refractivity contribution in [1.82, 2.24) is 0 Å². The Morgan fingerprint density at radius 1 is 1.00 bits per heavy atom. The number of hydrogen-bond acceptors (Lipinski definition) is 0. The zero-order valence-corrected chi connectivity index (χ0v) is 11.5. The minimum absolute atomic E-state index is 0. The Morgan fingerprint density at radius 2 is 1.00 bits per heavy atom. The van der Waals surface area contributed by atoms with Gasteiger partial charge in [0.1, 0.15) is 0 Å². The minimum Gasteiger partial charge on any atom is 0 e. The molecule has 0 aliphatic carbocycles. The second kappa shape index (κ2) is 17.3. The van der Waals surface area contributed by atoms with Gasteiger partial charge in [0, 0.05) is 65.2 Å². The van der Waals surface area contributed by atoms with E-state index in [4.69, 9.17) is 0 Å². The van der Waals surface area contributed by atoms with Crippen LogP contribution in [-0.2, 0) is 0 Å². The monoisotopic (exact) mass is 409 g/mol. The van der Waals surface area contributed by atoms with E-state index in [1.165, 1.54) is 0 Å².